The number of carbonyl (C=O) groups is 1. The lowest BCUT2D eigenvalue weighted by molar-refractivity contribution is -0.116. The second-order valence-corrected chi connectivity index (χ2v) is 3.63. The van der Waals surface area contributed by atoms with Crippen LogP contribution in [-0.2, 0) is 11.3 Å². The van der Waals surface area contributed by atoms with E-state index in [2.05, 4.69) is 15.4 Å². The smallest absolute Gasteiger partial charge is 0.247 e. The SMILES string of the molecule is Cc1cnn(CC(=O)Nc2ncccc2O)c1. The minimum atomic E-state index is -0.290. The van der Waals surface area contributed by atoms with Gasteiger partial charge in [0, 0.05) is 12.4 Å². The van der Waals surface area contributed by atoms with Gasteiger partial charge in [0.1, 0.15) is 6.54 Å². The lowest BCUT2D eigenvalue weighted by atomic mass is 10.4. The fourth-order valence-corrected chi connectivity index (χ4v) is 1.37. The predicted octanol–water partition coefficient (Wildman–Crippen LogP) is 0.931. The number of nitrogens with zero attached hydrogens (tertiary/aromatic N) is 3. The number of carbonyl (C=O) groups excluding carboxylic acids is 1. The van der Waals surface area contributed by atoms with E-state index >= 15 is 0 Å². The Hall–Kier alpha value is -2.37. The standard InChI is InChI=1S/C11H12N4O2/c1-8-5-13-15(6-8)7-10(17)14-11-9(16)3-2-4-12-11/h2-6,16H,7H2,1H3,(H,12,14,17). The minimum Gasteiger partial charge on any atom is -0.504 e. The van der Waals surface area contributed by atoms with Crippen molar-refractivity contribution in [1.29, 1.82) is 0 Å². The summed E-state index contributed by atoms with van der Waals surface area (Å²) in [6.45, 7) is 1.98. The van der Waals surface area contributed by atoms with Gasteiger partial charge in [0.15, 0.2) is 11.6 Å². The topological polar surface area (TPSA) is 80.0 Å². The molecule has 0 aromatic carbocycles. The molecule has 88 valence electrons. The van der Waals surface area contributed by atoms with Gasteiger partial charge < -0.3 is 10.4 Å². The molecule has 1 amide bonds. The van der Waals surface area contributed by atoms with Crippen molar-refractivity contribution in [2.75, 3.05) is 5.32 Å². The summed E-state index contributed by atoms with van der Waals surface area (Å²) in [6.07, 6.45) is 4.93. The Morgan fingerprint density at radius 3 is 3.06 bits per heavy atom. The lowest BCUT2D eigenvalue weighted by Gasteiger charge is -2.05. The first-order valence-corrected chi connectivity index (χ1v) is 5.08. The first-order valence-electron chi connectivity index (χ1n) is 5.08. The van der Waals surface area contributed by atoms with Gasteiger partial charge in [0.2, 0.25) is 5.91 Å². The van der Waals surface area contributed by atoms with Crippen molar-refractivity contribution in [3.05, 3.63) is 36.3 Å². The van der Waals surface area contributed by atoms with Crippen LogP contribution in [0.15, 0.2) is 30.7 Å². The summed E-state index contributed by atoms with van der Waals surface area (Å²) >= 11 is 0. The Labute approximate surface area is 97.9 Å². The number of aromatic nitrogens is 3. The molecular formula is C11H12N4O2. The highest BCUT2D eigenvalue weighted by molar-refractivity contribution is 5.90. The molecule has 6 nitrogen and oxygen atoms in total. The molecule has 0 saturated heterocycles. The summed E-state index contributed by atoms with van der Waals surface area (Å²) in [5, 5.41) is 15.9. The highest BCUT2D eigenvalue weighted by Crippen LogP contribution is 2.17. The molecule has 0 unspecified atom stereocenters. The minimum absolute atomic E-state index is 0.0579. The van der Waals surface area contributed by atoms with E-state index in [1.807, 2.05) is 6.92 Å². The molecule has 0 spiro atoms. The van der Waals surface area contributed by atoms with Crippen molar-refractivity contribution in [3.8, 4) is 5.75 Å². The van der Waals surface area contributed by atoms with Gasteiger partial charge in [-0.1, -0.05) is 0 Å². The first-order chi connectivity index (χ1) is 8.15. The number of nitrogens with one attached hydrogen (secondary N) is 1. The van der Waals surface area contributed by atoms with Crippen LogP contribution < -0.4 is 5.32 Å². The van der Waals surface area contributed by atoms with E-state index in [0.29, 0.717) is 0 Å². The molecule has 6 heteroatoms. The molecule has 2 heterocycles. The van der Waals surface area contributed by atoms with E-state index in [-0.39, 0.29) is 24.0 Å². The van der Waals surface area contributed by atoms with E-state index in [4.69, 9.17) is 0 Å². The Balaban J connectivity index is 2.01. The second-order valence-electron chi connectivity index (χ2n) is 3.63. The van der Waals surface area contributed by atoms with Crippen LogP contribution in [0.4, 0.5) is 5.82 Å². The van der Waals surface area contributed by atoms with Gasteiger partial charge in [-0.3, -0.25) is 9.48 Å². The molecule has 2 aromatic heterocycles. The molecule has 0 aliphatic carbocycles. The zero-order chi connectivity index (χ0) is 12.3. The molecule has 17 heavy (non-hydrogen) atoms. The number of amides is 1. The van der Waals surface area contributed by atoms with Crippen molar-refractivity contribution in [2.24, 2.45) is 0 Å². The summed E-state index contributed by atoms with van der Waals surface area (Å²) < 4.78 is 1.52. The monoisotopic (exact) mass is 232 g/mol. The van der Waals surface area contributed by atoms with E-state index in [9.17, 15) is 9.90 Å². The van der Waals surface area contributed by atoms with E-state index in [1.54, 1.807) is 18.5 Å². The highest BCUT2D eigenvalue weighted by atomic mass is 16.3. The molecule has 0 bridgehead atoms. The van der Waals surface area contributed by atoms with Crippen molar-refractivity contribution in [2.45, 2.75) is 13.5 Å². The van der Waals surface area contributed by atoms with Crippen LogP contribution in [0.25, 0.3) is 0 Å². The normalized spacial score (nSPS) is 10.2. The number of pyridine rings is 1. The van der Waals surface area contributed by atoms with Crippen LogP contribution in [0.1, 0.15) is 5.56 Å². The molecular weight excluding hydrogens is 220 g/mol. The molecule has 0 saturated carbocycles. The second kappa shape index (κ2) is 4.65. The van der Waals surface area contributed by atoms with Crippen molar-refractivity contribution in [1.82, 2.24) is 14.8 Å². The Morgan fingerprint density at radius 2 is 2.41 bits per heavy atom. The van der Waals surface area contributed by atoms with E-state index in [0.717, 1.165) is 5.56 Å². The molecule has 2 aromatic rings. The predicted molar refractivity (Wildman–Crippen MR) is 61.5 cm³/mol. The van der Waals surface area contributed by atoms with Gasteiger partial charge >= 0.3 is 0 Å². The van der Waals surface area contributed by atoms with Gasteiger partial charge in [-0.2, -0.15) is 5.10 Å². The number of aryl methyl sites for hydroxylation is 1. The Morgan fingerprint density at radius 1 is 1.59 bits per heavy atom. The van der Waals surface area contributed by atoms with Gasteiger partial charge in [-0.15, -0.1) is 0 Å². The summed E-state index contributed by atoms with van der Waals surface area (Å²) in [6, 6.07) is 3.04. The van der Waals surface area contributed by atoms with Crippen LogP contribution in [0, 0.1) is 6.92 Å². The molecule has 0 atom stereocenters. The zero-order valence-corrected chi connectivity index (χ0v) is 9.29. The molecule has 2 rings (SSSR count). The van der Waals surface area contributed by atoms with E-state index in [1.165, 1.54) is 16.9 Å². The molecule has 0 fully saturated rings. The van der Waals surface area contributed by atoms with Crippen LogP contribution in [0.2, 0.25) is 0 Å². The molecule has 2 N–H and O–H groups in total. The van der Waals surface area contributed by atoms with Crippen molar-refractivity contribution < 1.29 is 9.90 Å². The van der Waals surface area contributed by atoms with Gasteiger partial charge in [0.25, 0.3) is 0 Å². The third kappa shape index (κ3) is 2.81. The van der Waals surface area contributed by atoms with Gasteiger partial charge in [-0.05, 0) is 24.6 Å². The first kappa shape index (κ1) is 11.1. The van der Waals surface area contributed by atoms with Crippen molar-refractivity contribution in [3.63, 3.8) is 0 Å². The average Bonchev–Trinajstić information content (AvgIpc) is 2.67. The molecule has 0 radical (unpaired) electrons. The van der Waals surface area contributed by atoms with Crippen LogP contribution in [0.3, 0.4) is 0 Å². The van der Waals surface area contributed by atoms with E-state index < -0.39 is 0 Å². The average molecular weight is 232 g/mol. The number of anilines is 1. The maximum atomic E-state index is 11.6. The van der Waals surface area contributed by atoms with Gasteiger partial charge in [-0.25, -0.2) is 4.98 Å². The largest absolute Gasteiger partial charge is 0.504 e. The molecule has 0 aliphatic rings. The molecule has 0 aliphatic heterocycles. The third-order valence-corrected chi connectivity index (χ3v) is 2.11. The maximum absolute atomic E-state index is 11.6. The summed E-state index contributed by atoms with van der Waals surface area (Å²) in [4.78, 5) is 15.5. The fraction of sp³-hybridized carbons (Fsp3) is 0.182. The van der Waals surface area contributed by atoms with Crippen LogP contribution in [-0.4, -0.2) is 25.8 Å². The third-order valence-electron chi connectivity index (χ3n) is 2.11. The number of hydrogen-bond acceptors (Lipinski definition) is 4. The fourth-order valence-electron chi connectivity index (χ4n) is 1.37. The summed E-state index contributed by atoms with van der Waals surface area (Å²) in [5.74, 6) is -0.194. The summed E-state index contributed by atoms with van der Waals surface area (Å²) in [7, 11) is 0. The zero-order valence-electron chi connectivity index (χ0n) is 9.29. The Bertz CT molecular complexity index is 536. The van der Waals surface area contributed by atoms with Crippen LogP contribution >= 0.6 is 0 Å². The lowest BCUT2D eigenvalue weighted by Crippen LogP contribution is -2.19. The van der Waals surface area contributed by atoms with Gasteiger partial charge in [0.05, 0.1) is 6.20 Å². The number of rotatable bonds is 3. The Kier molecular flexibility index (Phi) is 3.04. The number of hydrogen-bond donors (Lipinski definition) is 2. The number of aromatic hydroxyl groups is 1. The summed E-state index contributed by atoms with van der Waals surface area (Å²) in [5.41, 5.74) is 0.985. The van der Waals surface area contributed by atoms with Crippen LogP contribution in [0.5, 0.6) is 5.75 Å². The highest BCUT2D eigenvalue weighted by Gasteiger charge is 2.07. The quantitative estimate of drug-likeness (QED) is 0.825. The maximum Gasteiger partial charge on any atom is 0.247 e. The van der Waals surface area contributed by atoms with Crippen molar-refractivity contribution >= 4 is 11.7 Å².